The topological polar surface area (TPSA) is 64.0 Å². The molecule has 0 atom stereocenters. The van der Waals surface area contributed by atoms with E-state index in [4.69, 9.17) is 0 Å². The second kappa shape index (κ2) is 6.51. The number of nitrogens with zero attached hydrogens (tertiary/aromatic N) is 2. The summed E-state index contributed by atoms with van der Waals surface area (Å²) in [5.41, 5.74) is 2.29. The van der Waals surface area contributed by atoms with Crippen LogP contribution in [-0.2, 0) is 16.8 Å². The lowest BCUT2D eigenvalue weighted by molar-refractivity contribution is -0.116. The number of anilines is 1. The molecule has 3 rings (SSSR count). The van der Waals surface area contributed by atoms with Gasteiger partial charge in [-0.3, -0.25) is 14.3 Å². The average molecular weight is 335 g/mol. The predicted molar refractivity (Wildman–Crippen MR) is 99.8 cm³/mol. The van der Waals surface area contributed by atoms with Gasteiger partial charge < -0.3 is 5.32 Å². The van der Waals surface area contributed by atoms with Gasteiger partial charge in [-0.1, -0.05) is 51.1 Å². The first-order valence-electron chi connectivity index (χ1n) is 8.20. The van der Waals surface area contributed by atoms with Gasteiger partial charge in [-0.05, 0) is 29.2 Å². The molecule has 0 saturated carbocycles. The zero-order valence-corrected chi connectivity index (χ0v) is 14.6. The van der Waals surface area contributed by atoms with Gasteiger partial charge in [-0.15, -0.1) is 0 Å². The minimum absolute atomic E-state index is 0.0409. The fraction of sp³-hybridized carbons (Fsp3) is 0.250. The van der Waals surface area contributed by atoms with E-state index in [0.29, 0.717) is 10.9 Å². The molecular formula is C20H21N3O2. The van der Waals surface area contributed by atoms with Gasteiger partial charge in [-0.2, -0.15) is 5.10 Å². The van der Waals surface area contributed by atoms with Crippen LogP contribution >= 0.6 is 0 Å². The number of hydrogen-bond donors (Lipinski definition) is 1. The van der Waals surface area contributed by atoms with Crippen LogP contribution in [0.4, 0.5) is 5.69 Å². The molecule has 25 heavy (non-hydrogen) atoms. The van der Waals surface area contributed by atoms with Crippen molar-refractivity contribution >= 4 is 22.5 Å². The molecule has 1 aromatic heterocycles. The van der Waals surface area contributed by atoms with E-state index >= 15 is 0 Å². The molecule has 3 aromatic rings. The Hall–Kier alpha value is -2.95. The van der Waals surface area contributed by atoms with Crippen molar-refractivity contribution in [1.29, 1.82) is 0 Å². The van der Waals surface area contributed by atoms with E-state index in [1.165, 1.54) is 6.20 Å². The van der Waals surface area contributed by atoms with Crippen LogP contribution in [0.2, 0.25) is 0 Å². The van der Waals surface area contributed by atoms with Crippen molar-refractivity contribution in [3.63, 3.8) is 0 Å². The molecule has 0 unspecified atom stereocenters. The maximum Gasteiger partial charge on any atom is 0.246 e. The highest BCUT2D eigenvalue weighted by Crippen LogP contribution is 2.29. The molecule has 0 fully saturated rings. The van der Waals surface area contributed by atoms with E-state index in [1.807, 2.05) is 30.3 Å². The summed E-state index contributed by atoms with van der Waals surface area (Å²) in [7, 11) is 0. The van der Waals surface area contributed by atoms with Gasteiger partial charge in [0.1, 0.15) is 6.54 Å². The second-order valence-corrected chi connectivity index (χ2v) is 7.03. The summed E-state index contributed by atoms with van der Waals surface area (Å²) >= 11 is 0. The first kappa shape index (κ1) is 16.9. The number of rotatable bonds is 3. The molecular weight excluding hydrogens is 314 g/mol. The Morgan fingerprint density at radius 1 is 1.08 bits per heavy atom. The van der Waals surface area contributed by atoms with E-state index in [9.17, 15) is 9.59 Å². The number of carbonyl (C=O) groups excluding carboxylic acids is 1. The van der Waals surface area contributed by atoms with E-state index in [2.05, 4.69) is 31.2 Å². The standard InChI is InChI=1S/C20H21N3O2/c1-20(2,3)15-9-5-6-10-16(15)22-19(25)13-23-17-11-7-4-8-14(17)18(24)12-21-23/h4-12H,13H2,1-3H3,(H,22,25). The Kier molecular flexibility index (Phi) is 4.40. The van der Waals surface area contributed by atoms with Crippen LogP contribution in [0.25, 0.3) is 10.9 Å². The Morgan fingerprint density at radius 3 is 2.52 bits per heavy atom. The number of nitrogens with one attached hydrogen (secondary N) is 1. The minimum Gasteiger partial charge on any atom is -0.324 e. The Labute approximate surface area is 146 Å². The van der Waals surface area contributed by atoms with Crippen molar-refractivity contribution in [1.82, 2.24) is 9.78 Å². The highest BCUT2D eigenvalue weighted by molar-refractivity contribution is 5.92. The SMILES string of the molecule is CC(C)(C)c1ccccc1NC(=O)Cn1ncc(=O)c2ccccc21. The number of aromatic nitrogens is 2. The molecule has 1 amide bonds. The highest BCUT2D eigenvalue weighted by atomic mass is 16.2. The number of benzene rings is 2. The summed E-state index contributed by atoms with van der Waals surface area (Å²) in [5, 5.41) is 7.63. The maximum atomic E-state index is 12.5. The lowest BCUT2D eigenvalue weighted by atomic mass is 9.86. The van der Waals surface area contributed by atoms with E-state index in [1.54, 1.807) is 22.9 Å². The summed E-state index contributed by atoms with van der Waals surface area (Å²) < 4.78 is 1.55. The predicted octanol–water partition coefficient (Wildman–Crippen LogP) is 3.33. The molecule has 0 aliphatic rings. The minimum atomic E-state index is -0.182. The zero-order valence-electron chi connectivity index (χ0n) is 14.6. The van der Waals surface area contributed by atoms with Crippen molar-refractivity contribution in [2.24, 2.45) is 0 Å². The normalized spacial score (nSPS) is 11.5. The number of fused-ring (bicyclic) bond motifs is 1. The smallest absolute Gasteiger partial charge is 0.246 e. The third-order valence-corrected chi connectivity index (χ3v) is 4.06. The molecule has 0 spiro atoms. The Bertz CT molecular complexity index is 984. The van der Waals surface area contributed by atoms with Crippen LogP contribution < -0.4 is 10.7 Å². The molecule has 0 saturated heterocycles. The lowest BCUT2D eigenvalue weighted by Gasteiger charge is -2.23. The molecule has 5 nitrogen and oxygen atoms in total. The summed E-state index contributed by atoms with van der Waals surface area (Å²) in [5.74, 6) is -0.182. The number of carbonyl (C=O) groups is 1. The first-order valence-corrected chi connectivity index (χ1v) is 8.20. The third kappa shape index (κ3) is 3.60. The number of amides is 1. The zero-order chi connectivity index (χ0) is 18.0. The largest absolute Gasteiger partial charge is 0.324 e. The summed E-state index contributed by atoms with van der Waals surface area (Å²) in [6, 6.07) is 14.9. The summed E-state index contributed by atoms with van der Waals surface area (Å²) in [4.78, 5) is 24.4. The molecule has 0 aliphatic carbocycles. The van der Waals surface area contributed by atoms with Gasteiger partial charge in [0.15, 0.2) is 0 Å². The Morgan fingerprint density at radius 2 is 1.76 bits per heavy atom. The van der Waals surface area contributed by atoms with Crippen LogP contribution in [0.3, 0.4) is 0 Å². The van der Waals surface area contributed by atoms with Crippen LogP contribution in [0.15, 0.2) is 59.5 Å². The van der Waals surface area contributed by atoms with E-state index in [-0.39, 0.29) is 23.3 Å². The van der Waals surface area contributed by atoms with Crippen LogP contribution in [0.1, 0.15) is 26.3 Å². The maximum absolute atomic E-state index is 12.5. The molecule has 5 heteroatoms. The fourth-order valence-electron chi connectivity index (χ4n) is 2.86. The monoisotopic (exact) mass is 335 g/mol. The average Bonchev–Trinajstić information content (AvgIpc) is 2.57. The summed E-state index contributed by atoms with van der Waals surface area (Å²) in [6.45, 7) is 6.36. The molecule has 128 valence electrons. The second-order valence-electron chi connectivity index (χ2n) is 7.03. The van der Waals surface area contributed by atoms with Crippen LogP contribution in [0, 0.1) is 0 Å². The molecule has 2 aromatic carbocycles. The van der Waals surface area contributed by atoms with Crippen LogP contribution in [0.5, 0.6) is 0 Å². The van der Waals surface area contributed by atoms with Gasteiger partial charge in [0.25, 0.3) is 0 Å². The quantitative estimate of drug-likeness (QED) is 0.798. The lowest BCUT2D eigenvalue weighted by Crippen LogP contribution is -2.24. The van der Waals surface area contributed by atoms with E-state index in [0.717, 1.165) is 11.3 Å². The molecule has 0 bridgehead atoms. The molecule has 0 aliphatic heterocycles. The third-order valence-electron chi connectivity index (χ3n) is 4.06. The van der Waals surface area contributed by atoms with Gasteiger partial charge in [-0.25, -0.2) is 0 Å². The molecule has 1 heterocycles. The fourth-order valence-corrected chi connectivity index (χ4v) is 2.86. The molecule has 0 radical (unpaired) electrons. The van der Waals surface area contributed by atoms with Crippen molar-refractivity contribution in [3.8, 4) is 0 Å². The highest BCUT2D eigenvalue weighted by Gasteiger charge is 2.18. The van der Waals surface area contributed by atoms with Crippen molar-refractivity contribution < 1.29 is 4.79 Å². The van der Waals surface area contributed by atoms with E-state index < -0.39 is 0 Å². The van der Waals surface area contributed by atoms with Crippen molar-refractivity contribution in [2.75, 3.05) is 5.32 Å². The first-order chi connectivity index (χ1) is 11.9. The van der Waals surface area contributed by atoms with Crippen molar-refractivity contribution in [3.05, 3.63) is 70.5 Å². The number of hydrogen-bond acceptors (Lipinski definition) is 3. The van der Waals surface area contributed by atoms with Gasteiger partial charge in [0.2, 0.25) is 11.3 Å². The number of para-hydroxylation sites is 2. The van der Waals surface area contributed by atoms with Gasteiger partial charge >= 0.3 is 0 Å². The van der Waals surface area contributed by atoms with Gasteiger partial charge in [0.05, 0.1) is 11.7 Å². The van der Waals surface area contributed by atoms with Gasteiger partial charge in [0, 0.05) is 11.1 Å². The summed E-state index contributed by atoms with van der Waals surface area (Å²) in [6.07, 6.45) is 1.25. The van der Waals surface area contributed by atoms with Crippen molar-refractivity contribution in [2.45, 2.75) is 32.7 Å². The van der Waals surface area contributed by atoms with Crippen LogP contribution in [-0.4, -0.2) is 15.7 Å². The molecule has 1 N–H and O–H groups in total. The Balaban J connectivity index is 1.88.